The van der Waals surface area contributed by atoms with Gasteiger partial charge in [0, 0.05) is 21.4 Å². The number of nitrogens with zero attached hydrogens (tertiary/aromatic N) is 2. The van der Waals surface area contributed by atoms with Gasteiger partial charge in [-0.05, 0) is 29.8 Å². The second-order valence-corrected chi connectivity index (χ2v) is 6.45. The average molecular weight is 334 g/mol. The van der Waals surface area contributed by atoms with Crippen molar-refractivity contribution in [2.45, 2.75) is 6.61 Å². The SMILES string of the molecule is OCc1cc(-c2ncnc3sc(-c4ccccc4)cc23)ccc1O. The van der Waals surface area contributed by atoms with Crippen molar-refractivity contribution < 1.29 is 10.2 Å². The lowest BCUT2D eigenvalue weighted by atomic mass is 10.0. The van der Waals surface area contributed by atoms with Crippen molar-refractivity contribution in [3.8, 4) is 27.4 Å². The number of hydrogen-bond acceptors (Lipinski definition) is 5. The van der Waals surface area contributed by atoms with Crippen LogP contribution in [0, 0.1) is 0 Å². The Hall–Kier alpha value is -2.76. The Morgan fingerprint density at radius 2 is 1.75 bits per heavy atom. The van der Waals surface area contributed by atoms with E-state index in [0.29, 0.717) is 5.56 Å². The minimum Gasteiger partial charge on any atom is -0.508 e. The van der Waals surface area contributed by atoms with Crippen LogP contribution in [0.2, 0.25) is 0 Å². The molecule has 118 valence electrons. The molecule has 0 amide bonds. The summed E-state index contributed by atoms with van der Waals surface area (Å²) in [7, 11) is 0. The van der Waals surface area contributed by atoms with Gasteiger partial charge >= 0.3 is 0 Å². The van der Waals surface area contributed by atoms with Gasteiger partial charge in [-0.1, -0.05) is 30.3 Å². The Bertz CT molecular complexity index is 1010. The molecule has 5 heteroatoms. The van der Waals surface area contributed by atoms with Crippen molar-refractivity contribution in [3.63, 3.8) is 0 Å². The van der Waals surface area contributed by atoms with Crippen LogP contribution < -0.4 is 0 Å². The fourth-order valence-corrected chi connectivity index (χ4v) is 3.69. The number of thiophene rings is 1. The highest BCUT2D eigenvalue weighted by Gasteiger charge is 2.13. The zero-order chi connectivity index (χ0) is 16.5. The predicted octanol–water partition coefficient (Wildman–Crippen LogP) is 4.22. The third kappa shape index (κ3) is 2.54. The van der Waals surface area contributed by atoms with Gasteiger partial charge in [0.1, 0.15) is 16.9 Å². The van der Waals surface area contributed by atoms with E-state index in [1.165, 1.54) is 0 Å². The van der Waals surface area contributed by atoms with E-state index in [1.54, 1.807) is 35.9 Å². The molecule has 2 aromatic carbocycles. The lowest BCUT2D eigenvalue weighted by molar-refractivity contribution is 0.275. The molecule has 4 rings (SSSR count). The molecule has 4 aromatic rings. The van der Waals surface area contributed by atoms with Crippen molar-refractivity contribution in [1.29, 1.82) is 0 Å². The van der Waals surface area contributed by atoms with Crippen LogP contribution in [0.5, 0.6) is 5.75 Å². The van der Waals surface area contributed by atoms with Gasteiger partial charge in [-0.15, -0.1) is 11.3 Å². The van der Waals surface area contributed by atoms with E-state index in [0.717, 1.165) is 31.9 Å². The second kappa shape index (κ2) is 6.03. The average Bonchev–Trinajstić information content (AvgIpc) is 3.07. The number of hydrogen-bond donors (Lipinski definition) is 2. The lowest BCUT2D eigenvalue weighted by Crippen LogP contribution is -1.89. The molecule has 0 atom stereocenters. The Morgan fingerprint density at radius 1 is 0.917 bits per heavy atom. The van der Waals surface area contributed by atoms with Gasteiger partial charge in [-0.3, -0.25) is 0 Å². The highest BCUT2D eigenvalue weighted by atomic mass is 32.1. The second-order valence-electron chi connectivity index (χ2n) is 5.42. The Morgan fingerprint density at radius 3 is 2.54 bits per heavy atom. The van der Waals surface area contributed by atoms with Crippen LogP contribution in [0.15, 0.2) is 60.9 Å². The van der Waals surface area contributed by atoms with E-state index < -0.39 is 0 Å². The molecule has 2 N–H and O–H groups in total. The normalized spacial score (nSPS) is 11.0. The number of fused-ring (bicyclic) bond motifs is 1. The number of aliphatic hydroxyl groups is 1. The van der Waals surface area contributed by atoms with Gasteiger partial charge < -0.3 is 10.2 Å². The van der Waals surface area contributed by atoms with Crippen molar-refractivity contribution in [3.05, 3.63) is 66.5 Å². The predicted molar refractivity (Wildman–Crippen MR) is 95.9 cm³/mol. The quantitative estimate of drug-likeness (QED) is 0.588. The van der Waals surface area contributed by atoms with E-state index in [9.17, 15) is 10.2 Å². The van der Waals surface area contributed by atoms with Gasteiger partial charge in [0.2, 0.25) is 0 Å². The molecule has 0 aliphatic heterocycles. The number of benzene rings is 2. The summed E-state index contributed by atoms with van der Waals surface area (Å²) in [5, 5.41) is 20.1. The van der Waals surface area contributed by atoms with Crippen LogP contribution in [0.3, 0.4) is 0 Å². The van der Waals surface area contributed by atoms with Gasteiger partial charge in [0.25, 0.3) is 0 Å². The first-order chi connectivity index (χ1) is 11.8. The molecule has 0 unspecified atom stereocenters. The molecule has 0 aliphatic rings. The maximum atomic E-state index is 9.76. The van der Waals surface area contributed by atoms with E-state index in [1.807, 2.05) is 18.2 Å². The zero-order valence-corrected chi connectivity index (χ0v) is 13.5. The number of aliphatic hydroxyl groups excluding tert-OH is 1. The van der Waals surface area contributed by atoms with Crippen LogP contribution >= 0.6 is 11.3 Å². The Labute approximate surface area is 142 Å². The molecule has 2 aromatic heterocycles. The third-order valence-electron chi connectivity index (χ3n) is 3.91. The van der Waals surface area contributed by atoms with Gasteiger partial charge in [-0.25, -0.2) is 9.97 Å². The Kier molecular flexibility index (Phi) is 3.72. The van der Waals surface area contributed by atoms with E-state index in [-0.39, 0.29) is 12.4 Å². The highest BCUT2D eigenvalue weighted by molar-refractivity contribution is 7.21. The summed E-state index contributed by atoms with van der Waals surface area (Å²) in [6.07, 6.45) is 1.55. The van der Waals surface area contributed by atoms with Gasteiger partial charge in [0.15, 0.2) is 0 Å². The smallest absolute Gasteiger partial charge is 0.127 e. The minimum absolute atomic E-state index is 0.0850. The van der Waals surface area contributed by atoms with Gasteiger partial charge in [0.05, 0.1) is 12.3 Å². The van der Waals surface area contributed by atoms with Gasteiger partial charge in [-0.2, -0.15) is 0 Å². The monoisotopic (exact) mass is 334 g/mol. The molecule has 0 bridgehead atoms. The molecule has 0 fully saturated rings. The van der Waals surface area contributed by atoms with E-state index in [4.69, 9.17) is 0 Å². The summed E-state index contributed by atoms with van der Waals surface area (Å²) in [5.74, 6) is 0.0850. The summed E-state index contributed by atoms with van der Waals surface area (Å²) >= 11 is 1.62. The molecule has 24 heavy (non-hydrogen) atoms. The summed E-state index contributed by atoms with van der Waals surface area (Å²) < 4.78 is 0. The van der Waals surface area contributed by atoms with E-state index >= 15 is 0 Å². The largest absolute Gasteiger partial charge is 0.508 e. The van der Waals surface area contributed by atoms with Crippen molar-refractivity contribution >= 4 is 21.6 Å². The maximum Gasteiger partial charge on any atom is 0.127 e. The number of aromatic hydroxyl groups is 1. The zero-order valence-electron chi connectivity index (χ0n) is 12.7. The maximum absolute atomic E-state index is 9.76. The van der Waals surface area contributed by atoms with Crippen LogP contribution in [0.4, 0.5) is 0 Å². The van der Waals surface area contributed by atoms with E-state index in [2.05, 4.69) is 28.2 Å². The summed E-state index contributed by atoms with van der Waals surface area (Å²) in [4.78, 5) is 10.9. The van der Waals surface area contributed by atoms with Crippen molar-refractivity contribution in [1.82, 2.24) is 9.97 Å². The number of rotatable bonds is 3. The first kappa shape index (κ1) is 14.8. The minimum atomic E-state index is -0.215. The number of phenols is 1. The Balaban J connectivity index is 1.89. The first-order valence-electron chi connectivity index (χ1n) is 7.49. The topological polar surface area (TPSA) is 66.2 Å². The molecule has 4 nitrogen and oxygen atoms in total. The molecule has 0 saturated carbocycles. The molecule has 0 radical (unpaired) electrons. The van der Waals surface area contributed by atoms with Crippen molar-refractivity contribution in [2.75, 3.05) is 0 Å². The molecule has 2 heterocycles. The molecular weight excluding hydrogens is 320 g/mol. The third-order valence-corrected chi connectivity index (χ3v) is 5.00. The van der Waals surface area contributed by atoms with Crippen LogP contribution in [0.1, 0.15) is 5.56 Å². The highest BCUT2D eigenvalue weighted by Crippen LogP contribution is 2.37. The summed E-state index contributed by atoms with van der Waals surface area (Å²) in [6, 6.07) is 17.4. The molecular formula is C19H14N2O2S. The fourth-order valence-electron chi connectivity index (χ4n) is 2.69. The van der Waals surface area contributed by atoms with Crippen LogP contribution in [-0.4, -0.2) is 20.2 Å². The number of aromatic nitrogens is 2. The molecule has 0 aliphatic carbocycles. The standard InChI is InChI=1S/C19H14N2O2S/c22-10-14-8-13(6-7-16(14)23)18-15-9-17(12-4-2-1-3-5-12)24-19(15)21-11-20-18/h1-9,11,22-23H,10H2. The van der Waals surface area contributed by atoms with Crippen LogP contribution in [0.25, 0.3) is 31.9 Å². The summed E-state index contributed by atoms with van der Waals surface area (Å²) in [6.45, 7) is -0.215. The fraction of sp³-hybridized carbons (Fsp3) is 0.0526. The summed E-state index contributed by atoms with van der Waals surface area (Å²) in [5.41, 5.74) is 3.28. The van der Waals surface area contributed by atoms with Crippen LogP contribution in [-0.2, 0) is 6.61 Å². The lowest BCUT2D eigenvalue weighted by Gasteiger charge is -2.06. The molecule has 0 spiro atoms. The molecule has 0 saturated heterocycles. The van der Waals surface area contributed by atoms with Crippen molar-refractivity contribution in [2.24, 2.45) is 0 Å². The first-order valence-corrected chi connectivity index (χ1v) is 8.31.